The summed E-state index contributed by atoms with van der Waals surface area (Å²) in [5.41, 5.74) is 0.614. The summed E-state index contributed by atoms with van der Waals surface area (Å²) < 4.78 is 26.7. The van der Waals surface area contributed by atoms with Crippen LogP contribution in [0.4, 0.5) is 8.78 Å². The fourth-order valence-electron chi connectivity index (χ4n) is 3.30. The van der Waals surface area contributed by atoms with Crippen molar-refractivity contribution in [1.82, 2.24) is 0 Å². The maximum Gasteiger partial charge on any atom is 0.137 e. The van der Waals surface area contributed by atoms with Crippen LogP contribution in [-0.2, 0) is 28.1 Å². The van der Waals surface area contributed by atoms with Crippen molar-refractivity contribution in [3.63, 3.8) is 0 Å². The summed E-state index contributed by atoms with van der Waals surface area (Å²) in [4.78, 5) is 0. The third-order valence-corrected chi connectivity index (χ3v) is 4.87. The minimum Gasteiger partial charge on any atom is -0.206 e. The molecule has 24 heavy (non-hydrogen) atoms. The number of unbranched alkanes of at least 4 members (excludes halogenated alkanes) is 2. The largest absolute Gasteiger partial charge is 0.206 e. The van der Waals surface area contributed by atoms with E-state index in [4.69, 9.17) is 0 Å². The Morgan fingerprint density at radius 2 is 1.71 bits per heavy atom. The molecule has 0 saturated heterocycles. The van der Waals surface area contributed by atoms with Crippen LogP contribution < -0.4 is 0 Å². The van der Waals surface area contributed by atoms with Gasteiger partial charge in [0.25, 0.3) is 0 Å². The maximum absolute atomic E-state index is 13.7. The quantitative estimate of drug-likeness (QED) is 0.287. The molecule has 1 aromatic carbocycles. The van der Waals surface area contributed by atoms with Gasteiger partial charge in [-0.25, -0.2) is 8.78 Å². The van der Waals surface area contributed by atoms with Gasteiger partial charge in [-0.05, 0) is 35.8 Å². The van der Waals surface area contributed by atoms with E-state index in [1.54, 1.807) is 6.07 Å². The van der Waals surface area contributed by atoms with E-state index in [0.29, 0.717) is 12.0 Å². The van der Waals surface area contributed by atoms with Crippen LogP contribution in [-0.4, -0.2) is 0 Å². The van der Waals surface area contributed by atoms with E-state index in [2.05, 4.69) is 33.8 Å². The Morgan fingerprint density at radius 1 is 1.04 bits per heavy atom. The molecule has 1 rings (SSSR count). The fourth-order valence-corrected chi connectivity index (χ4v) is 3.30. The van der Waals surface area contributed by atoms with Crippen LogP contribution in [0.2, 0.25) is 0 Å². The molecule has 135 valence electrons. The first-order chi connectivity index (χ1) is 10.9. The molecule has 1 unspecified atom stereocenters. The molecule has 0 N–H and O–H groups in total. The summed E-state index contributed by atoms with van der Waals surface area (Å²) >= 11 is 0. The van der Waals surface area contributed by atoms with E-state index in [9.17, 15) is 8.78 Å². The average Bonchev–Trinajstić information content (AvgIpc) is 2.49. The second-order valence-corrected chi connectivity index (χ2v) is 7.65. The van der Waals surface area contributed by atoms with Gasteiger partial charge >= 0.3 is 0 Å². The summed E-state index contributed by atoms with van der Waals surface area (Å²) in [7, 11) is 0. The molecule has 0 aromatic heterocycles. The van der Waals surface area contributed by atoms with Gasteiger partial charge in [0.05, 0.1) is 6.07 Å². The van der Waals surface area contributed by atoms with Crippen LogP contribution in [0.3, 0.4) is 0 Å². The van der Waals surface area contributed by atoms with Crippen molar-refractivity contribution in [2.24, 2.45) is 11.3 Å². The minimum absolute atomic E-state index is 0. The van der Waals surface area contributed by atoms with Crippen molar-refractivity contribution >= 4 is 0 Å². The van der Waals surface area contributed by atoms with Crippen molar-refractivity contribution in [2.75, 3.05) is 0 Å². The summed E-state index contributed by atoms with van der Waals surface area (Å²) in [5.74, 6) is -0.298. The molecule has 0 spiro atoms. The third-order valence-electron chi connectivity index (χ3n) is 4.87. The molecule has 3 heteroatoms. The molecule has 0 amide bonds. The predicted octanol–water partition coefficient (Wildman–Crippen LogP) is 7.11. The van der Waals surface area contributed by atoms with E-state index in [0.717, 1.165) is 12.3 Å². The molecule has 0 aliphatic heterocycles. The van der Waals surface area contributed by atoms with E-state index < -0.39 is 11.6 Å². The monoisotopic (exact) mass is 371 g/mol. The van der Waals surface area contributed by atoms with Crippen molar-refractivity contribution in [2.45, 2.75) is 85.5 Å². The minimum atomic E-state index is -0.623. The molecule has 0 fully saturated rings. The van der Waals surface area contributed by atoms with Gasteiger partial charge in [0, 0.05) is 21.7 Å². The van der Waals surface area contributed by atoms with Gasteiger partial charge in [-0.2, -0.15) is 0 Å². The zero-order valence-corrected chi connectivity index (χ0v) is 17.4. The topological polar surface area (TPSA) is 0 Å². The summed E-state index contributed by atoms with van der Waals surface area (Å²) in [6, 6.07) is 4.99. The number of halogens is 2. The predicted molar refractivity (Wildman–Crippen MR) is 94.5 cm³/mol. The van der Waals surface area contributed by atoms with Crippen LogP contribution in [0.1, 0.15) is 84.6 Å². The Kier molecular flexibility index (Phi) is 12.1. The first-order valence-corrected chi connectivity index (χ1v) is 9.24. The standard InChI is InChI=1S/C21H33F2.Ti/c1-5-7-10-17(6-2)11-8-9-14-21(3,4)16-18-12-13-19(22)15-20(18)23;/h12-13,17H,5-11,14,16H2,1-4H3;. The molecule has 1 atom stereocenters. The molecule has 0 bridgehead atoms. The molecule has 0 nitrogen and oxygen atoms in total. The molecule has 0 aliphatic carbocycles. The Hall–Kier alpha value is -0.206. The first kappa shape index (κ1) is 23.8. The average molecular weight is 371 g/mol. The second-order valence-electron chi connectivity index (χ2n) is 7.65. The van der Waals surface area contributed by atoms with Crippen LogP contribution in [0.5, 0.6) is 0 Å². The number of hydrogen-bond acceptors (Lipinski definition) is 0. The Bertz CT molecular complexity index is 457. The number of benzene rings is 1. The molecular formula is C21H33F2Ti. The van der Waals surface area contributed by atoms with Crippen LogP contribution in [0.25, 0.3) is 0 Å². The SMILES string of the molecule is CCCCC(CC)CCCCC(C)(C)Cc1ccc(F)[c]c1F.[Ti]. The number of rotatable bonds is 11. The fraction of sp³-hybridized carbons (Fsp3) is 0.714. The number of hydrogen-bond donors (Lipinski definition) is 0. The summed E-state index contributed by atoms with van der Waals surface area (Å²) in [6.07, 6.45) is 10.7. The Balaban J connectivity index is 0.00000529. The molecule has 0 heterocycles. The zero-order chi connectivity index (χ0) is 17.3. The van der Waals surface area contributed by atoms with E-state index in [-0.39, 0.29) is 27.1 Å². The van der Waals surface area contributed by atoms with Crippen molar-refractivity contribution in [3.05, 3.63) is 35.4 Å². The van der Waals surface area contributed by atoms with Gasteiger partial charge < -0.3 is 0 Å². The Morgan fingerprint density at radius 3 is 2.29 bits per heavy atom. The van der Waals surface area contributed by atoms with E-state index in [1.807, 2.05) is 0 Å². The van der Waals surface area contributed by atoms with Gasteiger partial charge in [-0.15, -0.1) is 0 Å². The van der Waals surface area contributed by atoms with E-state index in [1.165, 1.54) is 51.0 Å². The van der Waals surface area contributed by atoms with Crippen molar-refractivity contribution < 1.29 is 30.5 Å². The first-order valence-electron chi connectivity index (χ1n) is 9.24. The summed E-state index contributed by atoms with van der Waals surface area (Å²) in [5, 5.41) is 0. The second kappa shape index (κ2) is 12.2. The van der Waals surface area contributed by atoms with Crippen LogP contribution in [0, 0.1) is 29.0 Å². The molecule has 1 radical (unpaired) electrons. The Labute approximate surface area is 162 Å². The normalized spacial score (nSPS) is 12.8. The maximum atomic E-state index is 13.7. The van der Waals surface area contributed by atoms with Gasteiger partial charge in [-0.3, -0.25) is 0 Å². The molecule has 0 saturated carbocycles. The molecule has 1 aromatic rings. The van der Waals surface area contributed by atoms with Gasteiger partial charge in [-0.1, -0.05) is 78.7 Å². The molecular weight excluding hydrogens is 338 g/mol. The van der Waals surface area contributed by atoms with Crippen LogP contribution >= 0.6 is 0 Å². The van der Waals surface area contributed by atoms with Gasteiger partial charge in [0.1, 0.15) is 11.6 Å². The smallest absolute Gasteiger partial charge is 0.137 e. The van der Waals surface area contributed by atoms with E-state index >= 15 is 0 Å². The third kappa shape index (κ3) is 9.32. The van der Waals surface area contributed by atoms with Crippen molar-refractivity contribution in [3.8, 4) is 0 Å². The molecule has 0 aliphatic rings. The van der Waals surface area contributed by atoms with Gasteiger partial charge in [0.2, 0.25) is 0 Å². The van der Waals surface area contributed by atoms with Crippen LogP contribution in [0.15, 0.2) is 12.1 Å². The van der Waals surface area contributed by atoms with Gasteiger partial charge in [0.15, 0.2) is 0 Å². The van der Waals surface area contributed by atoms with Crippen molar-refractivity contribution in [1.29, 1.82) is 0 Å². The zero-order valence-electron chi connectivity index (χ0n) is 15.9. The summed E-state index contributed by atoms with van der Waals surface area (Å²) in [6.45, 7) is 8.88.